The number of para-hydroxylation sites is 1. The molecule has 1 aromatic carbocycles. The van der Waals surface area contributed by atoms with Gasteiger partial charge in [-0.25, -0.2) is 0 Å². The van der Waals surface area contributed by atoms with E-state index in [9.17, 15) is 0 Å². The van der Waals surface area contributed by atoms with Gasteiger partial charge in [-0.1, -0.05) is 43.9 Å². The van der Waals surface area contributed by atoms with Crippen LogP contribution in [0.3, 0.4) is 0 Å². The molecule has 1 heterocycles. The Bertz CT molecular complexity index is 461. The van der Waals surface area contributed by atoms with E-state index in [0.717, 1.165) is 36.6 Å². The largest absolute Gasteiger partial charge is 0.488 e. The van der Waals surface area contributed by atoms with Gasteiger partial charge in [-0.15, -0.1) is 0 Å². The third-order valence-electron chi connectivity index (χ3n) is 5.89. The van der Waals surface area contributed by atoms with Gasteiger partial charge in [0, 0.05) is 19.0 Å². The molecule has 0 aromatic heterocycles. The Morgan fingerprint density at radius 3 is 2.76 bits per heavy atom. The average molecular weight is 285 g/mol. The van der Waals surface area contributed by atoms with Gasteiger partial charge in [-0.3, -0.25) is 0 Å². The Morgan fingerprint density at radius 1 is 1.00 bits per heavy atom. The van der Waals surface area contributed by atoms with Crippen LogP contribution in [0.25, 0.3) is 0 Å². The smallest absolute Gasteiger partial charge is 0.123 e. The van der Waals surface area contributed by atoms with Gasteiger partial charge in [-0.05, 0) is 42.7 Å². The predicted octanol–water partition coefficient (Wildman–Crippen LogP) is 3.94. The van der Waals surface area contributed by atoms with Gasteiger partial charge in [0.2, 0.25) is 0 Å². The number of fused-ring (bicyclic) bond motifs is 2. The second-order valence-electron chi connectivity index (χ2n) is 7.27. The van der Waals surface area contributed by atoms with Crippen LogP contribution in [-0.2, 0) is 6.42 Å². The minimum atomic E-state index is 0.339. The summed E-state index contributed by atoms with van der Waals surface area (Å²) in [7, 11) is 0. The molecule has 0 spiro atoms. The second kappa shape index (κ2) is 6.00. The Morgan fingerprint density at radius 2 is 1.86 bits per heavy atom. The third-order valence-corrected chi connectivity index (χ3v) is 5.89. The third kappa shape index (κ3) is 2.96. The summed E-state index contributed by atoms with van der Waals surface area (Å²) in [5.74, 6) is 3.15. The molecule has 4 atom stereocenters. The molecule has 114 valence electrons. The van der Waals surface area contributed by atoms with E-state index in [2.05, 4.69) is 29.6 Å². The summed E-state index contributed by atoms with van der Waals surface area (Å²) >= 11 is 0. The topological polar surface area (TPSA) is 21.3 Å². The molecule has 4 rings (SSSR count). The first kappa shape index (κ1) is 13.6. The lowest BCUT2D eigenvalue weighted by atomic mass is 9.69. The van der Waals surface area contributed by atoms with Crippen molar-refractivity contribution >= 4 is 0 Å². The Kier molecular flexibility index (Phi) is 3.89. The monoisotopic (exact) mass is 285 g/mol. The van der Waals surface area contributed by atoms with E-state index in [1.54, 1.807) is 0 Å². The molecule has 3 aliphatic rings. The van der Waals surface area contributed by atoms with Crippen molar-refractivity contribution in [3.05, 3.63) is 29.8 Å². The first-order chi connectivity index (χ1) is 10.4. The highest BCUT2D eigenvalue weighted by molar-refractivity contribution is 5.37. The normalized spacial score (nSPS) is 34.9. The number of rotatable bonds is 3. The predicted molar refractivity (Wildman–Crippen MR) is 85.7 cm³/mol. The number of hydrogen-bond acceptors (Lipinski definition) is 2. The van der Waals surface area contributed by atoms with Crippen LogP contribution >= 0.6 is 0 Å². The maximum atomic E-state index is 6.04. The zero-order chi connectivity index (χ0) is 14.1. The molecular formula is C19H27NO. The van der Waals surface area contributed by atoms with Gasteiger partial charge in [0.25, 0.3) is 0 Å². The van der Waals surface area contributed by atoms with E-state index >= 15 is 0 Å². The molecule has 0 saturated heterocycles. The second-order valence-corrected chi connectivity index (χ2v) is 7.27. The van der Waals surface area contributed by atoms with Crippen LogP contribution in [0.4, 0.5) is 0 Å². The molecular weight excluding hydrogens is 258 g/mol. The SMILES string of the molecule is c1ccc2c(c1)CC(CNC1CCC3CCCCC3C1)O2. The molecule has 0 bridgehead atoms. The maximum absolute atomic E-state index is 6.04. The summed E-state index contributed by atoms with van der Waals surface area (Å²) in [5, 5.41) is 3.81. The molecule has 2 aliphatic carbocycles. The summed E-state index contributed by atoms with van der Waals surface area (Å²) in [6, 6.07) is 9.21. The lowest BCUT2D eigenvalue weighted by Gasteiger charge is -2.39. The zero-order valence-corrected chi connectivity index (χ0v) is 12.9. The van der Waals surface area contributed by atoms with Crippen molar-refractivity contribution in [3.8, 4) is 5.75 Å². The Balaban J connectivity index is 1.27. The highest BCUT2D eigenvalue weighted by Gasteiger charge is 2.32. The number of ether oxygens (including phenoxy) is 1. The van der Waals surface area contributed by atoms with Gasteiger partial charge in [0.15, 0.2) is 0 Å². The van der Waals surface area contributed by atoms with Crippen molar-refractivity contribution in [2.75, 3.05) is 6.54 Å². The molecule has 1 aromatic rings. The highest BCUT2D eigenvalue weighted by atomic mass is 16.5. The summed E-state index contributed by atoms with van der Waals surface area (Å²) < 4.78 is 6.04. The van der Waals surface area contributed by atoms with E-state index in [-0.39, 0.29) is 0 Å². The Labute approximate surface area is 128 Å². The van der Waals surface area contributed by atoms with Gasteiger partial charge < -0.3 is 10.1 Å². The van der Waals surface area contributed by atoms with Crippen molar-refractivity contribution in [3.63, 3.8) is 0 Å². The maximum Gasteiger partial charge on any atom is 0.123 e. The van der Waals surface area contributed by atoms with Crippen LogP contribution in [0.2, 0.25) is 0 Å². The fourth-order valence-electron chi connectivity index (χ4n) is 4.72. The number of hydrogen-bond donors (Lipinski definition) is 1. The summed E-state index contributed by atoms with van der Waals surface area (Å²) in [5.41, 5.74) is 1.38. The van der Waals surface area contributed by atoms with Gasteiger partial charge in [-0.2, -0.15) is 0 Å². The standard InChI is InChI=1S/C19H27NO/c1-2-6-15-11-17(10-9-14(15)5-1)20-13-18-12-16-7-3-4-8-19(16)21-18/h3-4,7-8,14-15,17-18,20H,1-2,5-6,9-13H2. The van der Waals surface area contributed by atoms with Crippen LogP contribution in [-0.4, -0.2) is 18.7 Å². The molecule has 2 nitrogen and oxygen atoms in total. The van der Waals surface area contributed by atoms with Gasteiger partial charge in [0.1, 0.15) is 11.9 Å². The highest BCUT2D eigenvalue weighted by Crippen LogP contribution is 2.40. The van der Waals surface area contributed by atoms with E-state index in [0.29, 0.717) is 6.10 Å². The Hall–Kier alpha value is -1.02. The summed E-state index contributed by atoms with van der Waals surface area (Å²) in [6.45, 7) is 1.01. The van der Waals surface area contributed by atoms with Gasteiger partial charge >= 0.3 is 0 Å². The fraction of sp³-hybridized carbons (Fsp3) is 0.684. The van der Waals surface area contributed by atoms with E-state index < -0.39 is 0 Å². The minimum absolute atomic E-state index is 0.339. The molecule has 21 heavy (non-hydrogen) atoms. The van der Waals surface area contributed by atoms with Crippen molar-refractivity contribution in [2.24, 2.45) is 11.8 Å². The molecule has 1 N–H and O–H groups in total. The quantitative estimate of drug-likeness (QED) is 0.908. The first-order valence-electron chi connectivity index (χ1n) is 8.86. The molecule has 4 unspecified atom stereocenters. The molecule has 0 radical (unpaired) electrons. The van der Waals surface area contributed by atoms with E-state index in [1.807, 2.05) is 0 Å². The summed E-state index contributed by atoms with van der Waals surface area (Å²) in [6.07, 6.45) is 11.6. The van der Waals surface area contributed by atoms with E-state index in [1.165, 1.54) is 50.5 Å². The van der Waals surface area contributed by atoms with Gasteiger partial charge in [0.05, 0.1) is 0 Å². The molecule has 0 amide bonds. The van der Waals surface area contributed by atoms with Crippen LogP contribution in [0, 0.1) is 11.8 Å². The lowest BCUT2D eigenvalue weighted by Crippen LogP contribution is -2.42. The number of nitrogens with one attached hydrogen (secondary N) is 1. The number of benzene rings is 1. The summed E-state index contributed by atoms with van der Waals surface area (Å²) in [4.78, 5) is 0. The van der Waals surface area contributed by atoms with Crippen molar-refractivity contribution < 1.29 is 4.74 Å². The van der Waals surface area contributed by atoms with Crippen molar-refractivity contribution in [1.82, 2.24) is 5.32 Å². The molecule has 2 saturated carbocycles. The first-order valence-corrected chi connectivity index (χ1v) is 8.86. The minimum Gasteiger partial charge on any atom is -0.488 e. The lowest BCUT2D eigenvalue weighted by molar-refractivity contribution is 0.135. The van der Waals surface area contributed by atoms with E-state index in [4.69, 9.17) is 4.74 Å². The van der Waals surface area contributed by atoms with Crippen LogP contribution in [0.5, 0.6) is 5.75 Å². The molecule has 1 aliphatic heterocycles. The van der Waals surface area contributed by atoms with Crippen molar-refractivity contribution in [2.45, 2.75) is 63.5 Å². The van der Waals surface area contributed by atoms with Crippen LogP contribution < -0.4 is 10.1 Å². The molecule has 2 fully saturated rings. The van der Waals surface area contributed by atoms with Crippen LogP contribution in [0.1, 0.15) is 50.5 Å². The average Bonchev–Trinajstić information content (AvgIpc) is 2.95. The zero-order valence-electron chi connectivity index (χ0n) is 12.9. The molecule has 2 heteroatoms. The van der Waals surface area contributed by atoms with Crippen LogP contribution in [0.15, 0.2) is 24.3 Å². The fourth-order valence-corrected chi connectivity index (χ4v) is 4.72. The van der Waals surface area contributed by atoms with Crippen molar-refractivity contribution in [1.29, 1.82) is 0 Å².